The van der Waals surface area contributed by atoms with Crippen LogP contribution in [0.5, 0.6) is 5.75 Å². The van der Waals surface area contributed by atoms with Crippen molar-refractivity contribution < 1.29 is 14.3 Å². The Bertz CT molecular complexity index is 742. The number of hydrogen-bond acceptors (Lipinski definition) is 3. The van der Waals surface area contributed by atoms with Crippen LogP contribution in [0.1, 0.15) is 36.2 Å². The molecule has 0 aliphatic rings. The van der Waals surface area contributed by atoms with Crippen LogP contribution in [0, 0.1) is 0 Å². The van der Waals surface area contributed by atoms with Crippen molar-refractivity contribution in [2.45, 2.75) is 32.7 Å². The van der Waals surface area contributed by atoms with Crippen LogP contribution in [0.4, 0.5) is 10.5 Å². The summed E-state index contributed by atoms with van der Waals surface area (Å²) in [6.45, 7) is 4.50. The van der Waals surface area contributed by atoms with E-state index in [2.05, 4.69) is 16.0 Å². The molecule has 3 N–H and O–H groups in total. The van der Waals surface area contributed by atoms with Gasteiger partial charge in [-0.15, -0.1) is 0 Å². The lowest BCUT2D eigenvalue weighted by Crippen LogP contribution is -2.32. The highest BCUT2D eigenvalue weighted by molar-refractivity contribution is 5.95. The van der Waals surface area contributed by atoms with Crippen LogP contribution in [-0.4, -0.2) is 31.6 Å². The van der Waals surface area contributed by atoms with Crippen LogP contribution in [0.2, 0.25) is 0 Å². The first-order valence-electron chi connectivity index (χ1n) is 9.10. The number of carbonyl (C=O) groups is 2. The number of urea groups is 1. The Labute approximate surface area is 160 Å². The molecule has 0 aliphatic heterocycles. The van der Waals surface area contributed by atoms with E-state index in [1.807, 2.05) is 38.1 Å². The van der Waals surface area contributed by atoms with Crippen LogP contribution >= 0.6 is 0 Å². The van der Waals surface area contributed by atoms with Gasteiger partial charge in [0.2, 0.25) is 0 Å². The Balaban J connectivity index is 1.77. The van der Waals surface area contributed by atoms with Gasteiger partial charge in [-0.05, 0) is 61.7 Å². The van der Waals surface area contributed by atoms with Crippen molar-refractivity contribution in [3.8, 4) is 5.75 Å². The second kappa shape index (κ2) is 10.2. The highest BCUT2D eigenvalue weighted by Gasteiger charge is 2.09. The standard InChI is InChI=1S/C21H27N3O3/c1-4-15(2)23-20(25)17-7-9-18(10-8-17)24-21(26)22-14-13-16-5-11-19(27-3)12-6-16/h5-12,15H,4,13-14H2,1-3H3,(H,23,25)(H2,22,24,26). The van der Waals surface area contributed by atoms with E-state index in [1.54, 1.807) is 31.4 Å². The molecule has 0 saturated carbocycles. The Morgan fingerprint density at radius 2 is 1.70 bits per heavy atom. The topological polar surface area (TPSA) is 79.5 Å². The fourth-order valence-electron chi connectivity index (χ4n) is 2.40. The van der Waals surface area contributed by atoms with Gasteiger partial charge < -0.3 is 20.7 Å². The number of hydrogen-bond donors (Lipinski definition) is 3. The van der Waals surface area contributed by atoms with Gasteiger partial charge >= 0.3 is 6.03 Å². The zero-order valence-electron chi connectivity index (χ0n) is 16.0. The zero-order valence-corrected chi connectivity index (χ0v) is 16.0. The molecule has 0 fully saturated rings. The lowest BCUT2D eigenvalue weighted by Gasteiger charge is -2.12. The molecule has 0 aliphatic carbocycles. The van der Waals surface area contributed by atoms with Gasteiger partial charge in [0.1, 0.15) is 5.75 Å². The number of carbonyl (C=O) groups excluding carboxylic acids is 2. The van der Waals surface area contributed by atoms with Gasteiger partial charge in [-0.2, -0.15) is 0 Å². The maximum Gasteiger partial charge on any atom is 0.319 e. The molecule has 3 amide bonds. The van der Waals surface area contributed by atoms with Gasteiger partial charge in [0.15, 0.2) is 0 Å². The smallest absolute Gasteiger partial charge is 0.319 e. The van der Waals surface area contributed by atoms with Crippen molar-refractivity contribution in [1.29, 1.82) is 0 Å². The van der Waals surface area contributed by atoms with Gasteiger partial charge in [0.25, 0.3) is 5.91 Å². The van der Waals surface area contributed by atoms with Crippen molar-refractivity contribution >= 4 is 17.6 Å². The predicted octanol–water partition coefficient (Wildman–Crippen LogP) is 3.59. The zero-order chi connectivity index (χ0) is 19.6. The lowest BCUT2D eigenvalue weighted by atomic mass is 10.1. The van der Waals surface area contributed by atoms with Crippen LogP contribution < -0.4 is 20.7 Å². The first kappa shape index (κ1) is 20.3. The third-order valence-electron chi connectivity index (χ3n) is 4.25. The summed E-state index contributed by atoms with van der Waals surface area (Å²) in [6.07, 6.45) is 1.61. The van der Waals surface area contributed by atoms with E-state index < -0.39 is 0 Å². The monoisotopic (exact) mass is 369 g/mol. The second-order valence-corrected chi connectivity index (χ2v) is 6.34. The number of rotatable bonds is 8. The van der Waals surface area contributed by atoms with Crippen LogP contribution in [0.3, 0.4) is 0 Å². The quantitative estimate of drug-likeness (QED) is 0.665. The first-order chi connectivity index (χ1) is 13.0. The minimum atomic E-state index is -0.277. The average Bonchev–Trinajstić information content (AvgIpc) is 2.68. The second-order valence-electron chi connectivity index (χ2n) is 6.34. The van der Waals surface area contributed by atoms with E-state index in [1.165, 1.54) is 0 Å². The summed E-state index contributed by atoms with van der Waals surface area (Å²) < 4.78 is 5.12. The molecule has 0 radical (unpaired) electrons. The van der Waals surface area contributed by atoms with Crippen LogP contribution in [-0.2, 0) is 6.42 Å². The maximum absolute atomic E-state index is 12.0. The molecule has 0 spiro atoms. The Morgan fingerprint density at radius 1 is 1.04 bits per heavy atom. The summed E-state index contributed by atoms with van der Waals surface area (Å²) in [7, 11) is 1.63. The number of ether oxygens (including phenoxy) is 1. The van der Waals surface area contributed by atoms with Crippen LogP contribution in [0.25, 0.3) is 0 Å². The maximum atomic E-state index is 12.0. The fourth-order valence-corrected chi connectivity index (χ4v) is 2.40. The van der Waals surface area contributed by atoms with E-state index in [-0.39, 0.29) is 18.0 Å². The Morgan fingerprint density at radius 3 is 2.30 bits per heavy atom. The number of nitrogens with one attached hydrogen (secondary N) is 3. The third kappa shape index (κ3) is 6.66. The molecule has 27 heavy (non-hydrogen) atoms. The molecule has 0 bridgehead atoms. The number of anilines is 1. The first-order valence-corrected chi connectivity index (χ1v) is 9.10. The Hall–Kier alpha value is -3.02. The lowest BCUT2D eigenvalue weighted by molar-refractivity contribution is 0.0939. The molecule has 0 heterocycles. The van der Waals surface area contributed by atoms with E-state index in [9.17, 15) is 9.59 Å². The highest BCUT2D eigenvalue weighted by atomic mass is 16.5. The van der Waals surface area contributed by atoms with E-state index in [0.717, 1.165) is 24.2 Å². The minimum absolute atomic E-state index is 0.111. The molecular formula is C21H27N3O3. The van der Waals surface area contributed by atoms with Crippen LogP contribution in [0.15, 0.2) is 48.5 Å². The summed E-state index contributed by atoms with van der Waals surface area (Å²) in [6, 6.07) is 14.4. The van der Waals surface area contributed by atoms with Crippen molar-refractivity contribution in [3.63, 3.8) is 0 Å². The van der Waals surface area contributed by atoms with E-state index in [0.29, 0.717) is 17.8 Å². The molecule has 144 valence electrons. The normalized spacial score (nSPS) is 11.4. The molecule has 1 unspecified atom stereocenters. The molecule has 2 aromatic carbocycles. The van der Waals surface area contributed by atoms with Crippen molar-refractivity contribution in [1.82, 2.24) is 10.6 Å². The molecule has 2 aromatic rings. The number of amides is 3. The van der Waals surface area contributed by atoms with Crippen molar-refractivity contribution in [2.75, 3.05) is 19.0 Å². The largest absolute Gasteiger partial charge is 0.497 e. The summed E-state index contributed by atoms with van der Waals surface area (Å²) in [5.41, 5.74) is 2.32. The summed E-state index contributed by atoms with van der Waals surface area (Å²) in [5.74, 6) is 0.700. The summed E-state index contributed by atoms with van der Waals surface area (Å²) >= 11 is 0. The molecule has 1 atom stereocenters. The minimum Gasteiger partial charge on any atom is -0.497 e. The SMILES string of the molecule is CCC(C)NC(=O)c1ccc(NC(=O)NCCc2ccc(OC)cc2)cc1. The molecule has 6 nitrogen and oxygen atoms in total. The van der Waals surface area contributed by atoms with Crippen molar-refractivity contribution in [3.05, 3.63) is 59.7 Å². The third-order valence-corrected chi connectivity index (χ3v) is 4.25. The van der Waals surface area contributed by atoms with Crippen molar-refractivity contribution in [2.24, 2.45) is 0 Å². The van der Waals surface area contributed by atoms with E-state index >= 15 is 0 Å². The molecule has 6 heteroatoms. The molecular weight excluding hydrogens is 342 g/mol. The number of methoxy groups -OCH3 is 1. The highest BCUT2D eigenvalue weighted by Crippen LogP contribution is 2.12. The molecule has 2 rings (SSSR count). The van der Waals surface area contributed by atoms with Gasteiger partial charge in [0.05, 0.1) is 7.11 Å². The van der Waals surface area contributed by atoms with Gasteiger partial charge in [-0.3, -0.25) is 4.79 Å². The summed E-state index contributed by atoms with van der Waals surface area (Å²) in [4.78, 5) is 24.0. The fraction of sp³-hybridized carbons (Fsp3) is 0.333. The van der Waals surface area contributed by atoms with Gasteiger partial charge in [-0.1, -0.05) is 19.1 Å². The van der Waals surface area contributed by atoms with Gasteiger partial charge in [-0.25, -0.2) is 4.79 Å². The molecule has 0 aromatic heterocycles. The molecule has 0 saturated heterocycles. The number of benzene rings is 2. The van der Waals surface area contributed by atoms with E-state index in [4.69, 9.17) is 4.74 Å². The Kier molecular flexibility index (Phi) is 7.67. The van der Waals surface area contributed by atoms with Gasteiger partial charge in [0, 0.05) is 23.8 Å². The predicted molar refractivity (Wildman–Crippen MR) is 107 cm³/mol. The summed E-state index contributed by atoms with van der Waals surface area (Å²) in [5, 5.41) is 8.49. The average molecular weight is 369 g/mol.